The average molecular weight is 292 g/mol. The normalized spacial score (nSPS) is 12.2. The van der Waals surface area contributed by atoms with Gasteiger partial charge in [-0.05, 0) is 12.0 Å². The van der Waals surface area contributed by atoms with Crippen LogP contribution in [0, 0.1) is 0 Å². The Hall–Kier alpha value is -1.82. The van der Waals surface area contributed by atoms with E-state index in [2.05, 4.69) is 10.1 Å². The summed E-state index contributed by atoms with van der Waals surface area (Å²) in [4.78, 5) is 15.5. The molecule has 0 aliphatic heterocycles. The van der Waals surface area contributed by atoms with Crippen LogP contribution in [0.4, 0.5) is 0 Å². The zero-order valence-corrected chi connectivity index (χ0v) is 12.0. The Morgan fingerprint density at radius 1 is 1.40 bits per heavy atom. The van der Waals surface area contributed by atoms with Crippen molar-refractivity contribution in [3.63, 3.8) is 0 Å². The fourth-order valence-electron chi connectivity index (χ4n) is 1.71. The Bertz CT molecular complexity index is 557. The van der Waals surface area contributed by atoms with Gasteiger partial charge in [0.05, 0.1) is 5.75 Å². The monoisotopic (exact) mass is 292 g/mol. The van der Waals surface area contributed by atoms with E-state index in [1.807, 2.05) is 37.3 Å². The number of rotatable bonds is 7. The van der Waals surface area contributed by atoms with Crippen molar-refractivity contribution in [3.8, 4) is 0 Å². The summed E-state index contributed by atoms with van der Waals surface area (Å²) >= 11 is 1.31. The fourth-order valence-corrected chi connectivity index (χ4v) is 2.62. The highest BCUT2D eigenvalue weighted by Crippen LogP contribution is 2.21. The van der Waals surface area contributed by atoms with Crippen molar-refractivity contribution in [3.05, 3.63) is 47.6 Å². The molecule has 1 aromatic heterocycles. The molecule has 0 aliphatic rings. The molecule has 0 aliphatic carbocycles. The van der Waals surface area contributed by atoms with Gasteiger partial charge in [0, 0.05) is 6.42 Å². The van der Waals surface area contributed by atoms with E-state index in [4.69, 9.17) is 4.52 Å². The topological polar surface area (TPSA) is 76.2 Å². The van der Waals surface area contributed by atoms with Crippen LogP contribution in [0.3, 0.4) is 0 Å². The number of hydrogen-bond donors (Lipinski definition) is 1. The molecule has 1 atom stereocenters. The van der Waals surface area contributed by atoms with Crippen molar-refractivity contribution in [2.24, 2.45) is 0 Å². The number of thioether (sulfide) groups is 1. The first-order chi connectivity index (χ1) is 9.69. The molecule has 2 rings (SSSR count). The van der Waals surface area contributed by atoms with Crippen LogP contribution in [0.25, 0.3) is 0 Å². The second kappa shape index (κ2) is 7.09. The predicted molar refractivity (Wildman–Crippen MR) is 76.5 cm³/mol. The highest BCUT2D eigenvalue weighted by atomic mass is 32.2. The standard InChI is InChI=1S/C14H16N2O3S/c1-2-12-15-13(19-16-12)9-20-11(14(17)18)8-10-6-4-3-5-7-10/h3-7,11H,2,8-9H2,1H3,(H,17,18). The number of aromatic nitrogens is 2. The molecule has 0 spiro atoms. The molecule has 1 unspecified atom stereocenters. The van der Waals surface area contributed by atoms with Crippen molar-refractivity contribution < 1.29 is 14.4 Å². The number of benzene rings is 1. The molecule has 0 radical (unpaired) electrons. The number of carboxylic acids is 1. The van der Waals surface area contributed by atoms with Gasteiger partial charge >= 0.3 is 5.97 Å². The van der Waals surface area contributed by atoms with Gasteiger partial charge in [0.1, 0.15) is 5.25 Å². The van der Waals surface area contributed by atoms with E-state index in [9.17, 15) is 9.90 Å². The largest absolute Gasteiger partial charge is 0.480 e. The van der Waals surface area contributed by atoms with Gasteiger partial charge in [0.2, 0.25) is 5.89 Å². The number of carbonyl (C=O) groups is 1. The van der Waals surface area contributed by atoms with Gasteiger partial charge in [-0.2, -0.15) is 4.98 Å². The number of aliphatic carboxylic acids is 1. The Labute approximate surface area is 121 Å². The first kappa shape index (κ1) is 14.6. The van der Waals surface area contributed by atoms with Gasteiger partial charge in [-0.1, -0.05) is 42.4 Å². The van der Waals surface area contributed by atoms with Crippen LogP contribution in [-0.2, 0) is 23.4 Å². The lowest BCUT2D eigenvalue weighted by Crippen LogP contribution is -2.19. The number of carboxylic acid groups (broad SMARTS) is 1. The third-order valence-corrected chi connectivity index (χ3v) is 3.96. The summed E-state index contributed by atoms with van der Waals surface area (Å²) in [6.07, 6.45) is 1.19. The molecule has 2 aromatic rings. The van der Waals surface area contributed by atoms with Gasteiger partial charge in [0.15, 0.2) is 5.82 Å². The van der Waals surface area contributed by atoms with Crippen LogP contribution in [-0.4, -0.2) is 26.5 Å². The second-order valence-electron chi connectivity index (χ2n) is 4.29. The molecule has 6 heteroatoms. The second-order valence-corrected chi connectivity index (χ2v) is 5.48. The van der Waals surface area contributed by atoms with E-state index in [0.717, 1.165) is 5.56 Å². The maximum Gasteiger partial charge on any atom is 0.316 e. The van der Waals surface area contributed by atoms with E-state index >= 15 is 0 Å². The summed E-state index contributed by atoms with van der Waals surface area (Å²) in [6, 6.07) is 9.59. The lowest BCUT2D eigenvalue weighted by Gasteiger charge is -2.10. The summed E-state index contributed by atoms with van der Waals surface area (Å²) in [5.41, 5.74) is 1.01. The minimum Gasteiger partial charge on any atom is -0.480 e. The van der Waals surface area contributed by atoms with Crippen LogP contribution in [0.1, 0.15) is 24.2 Å². The maximum atomic E-state index is 11.3. The zero-order chi connectivity index (χ0) is 14.4. The van der Waals surface area contributed by atoms with Crippen LogP contribution < -0.4 is 0 Å². The number of nitrogens with zero attached hydrogens (tertiary/aromatic N) is 2. The van der Waals surface area contributed by atoms with Crippen molar-refractivity contribution in [1.82, 2.24) is 10.1 Å². The van der Waals surface area contributed by atoms with Gasteiger partial charge < -0.3 is 9.63 Å². The lowest BCUT2D eigenvalue weighted by molar-refractivity contribution is -0.136. The Balaban J connectivity index is 1.94. The Kier molecular flexibility index (Phi) is 5.17. The predicted octanol–water partition coefficient (Wildman–Crippen LogP) is 2.56. The van der Waals surface area contributed by atoms with E-state index in [1.54, 1.807) is 0 Å². The van der Waals surface area contributed by atoms with E-state index in [0.29, 0.717) is 30.3 Å². The van der Waals surface area contributed by atoms with Gasteiger partial charge in [-0.3, -0.25) is 4.79 Å². The third-order valence-electron chi connectivity index (χ3n) is 2.77. The van der Waals surface area contributed by atoms with E-state index < -0.39 is 11.2 Å². The van der Waals surface area contributed by atoms with Crippen LogP contribution >= 0.6 is 11.8 Å². The minimum absolute atomic E-state index is 0.413. The first-order valence-electron chi connectivity index (χ1n) is 6.39. The number of aryl methyl sites for hydroxylation is 1. The smallest absolute Gasteiger partial charge is 0.316 e. The van der Waals surface area contributed by atoms with Crippen LogP contribution in [0.2, 0.25) is 0 Å². The summed E-state index contributed by atoms with van der Waals surface area (Å²) < 4.78 is 5.06. The van der Waals surface area contributed by atoms with Gasteiger partial charge in [-0.25, -0.2) is 0 Å². The minimum atomic E-state index is -0.825. The zero-order valence-electron chi connectivity index (χ0n) is 11.2. The van der Waals surface area contributed by atoms with E-state index in [1.165, 1.54) is 11.8 Å². The molecule has 0 saturated carbocycles. The van der Waals surface area contributed by atoms with Crippen molar-refractivity contribution in [2.75, 3.05) is 0 Å². The fraction of sp³-hybridized carbons (Fsp3) is 0.357. The van der Waals surface area contributed by atoms with Gasteiger partial charge in [0.25, 0.3) is 0 Å². The number of hydrogen-bond acceptors (Lipinski definition) is 5. The Morgan fingerprint density at radius 2 is 2.15 bits per heavy atom. The molecule has 0 saturated heterocycles. The first-order valence-corrected chi connectivity index (χ1v) is 7.43. The molecule has 0 fully saturated rings. The summed E-state index contributed by atoms with van der Waals surface area (Å²) in [5, 5.41) is 12.6. The van der Waals surface area contributed by atoms with Crippen molar-refractivity contribution in [2.45, 2.75) is 30.8 Å². The van der Waals surface area contributed by atoms with E-state index in [-0.39, 0.29) is 0 Å². The Morgan fingerprint density at radius 3 is 2.75 bits per heavy atom. The highest BCUT2D eigenvalue weighted by Gasteiger charge is 2.20. The molecule has 1 N–H and O–H groups in total. The molecular formula is C14H16N2O3S. The molecule has 0 amide bonds. The quantitative estimate of drug-likeness (QED) is 0.845. The summed E-state index contributed by atoms with van der Waals surface area (Å²) in [7, 11) is 0. The average Bonchev–Trinajstić information content (AvgIpc) is 2.92. The van der Waals surface area contributed by atoms with Crippen molar-refractivity contribution >= 4 is 17.7 Å². The molecule has 106 valence electrons. The maximum absolute atomic E-state index is 11.3. The summed E-state index contributed by atoms with van der Waals surface area (Å²) in [5.74, 6) is 0.715. The molecule has 1 aromatic carbocycles. The highest BCUT2D eigenvalue weighted by molar-refractivity contribution is 7.99. The molecule has 5 nitrogen and oxygen atoms in total. The SMILES string of the molecule is CCc1noc(CSC(Cc2ccccc2)C(=O)O)n1. The van der Waals surface area contributed by atoms with Crippen LogP contribution in [0.15, 0.2) is 34.9 Å². The third kappa shape index (κ3) is 4.09. The lowest BCUT2D eigenvalue weighted by atomic mass is 10.1. The van der Waals surface area contributed by atoms with Crippen LogP contribution in [0.5, 0.6) is 0 Å². The molecular weight excluding hydrogens is 276 g/mol. The summed E-state index contributed by atoms with van der Waals surface area (Å²) in [6.45, 7) is 1.94. The molecule has 1 heterocycles. The molecule has 20 heavy (non-hydrogen) atoms. The van der Waals surface area contributed by atoms with Crippen molar-refractivity contribution in [1.29, 1.82) is 0 Å². The van der Waals surface area contributed by atoms with Gasteiger partial charge in [-0.15, -0.1) is 11.8 Å². The molecule has 0 bridgehead atoms.